The van der Waals surface area contributed by atoms with Gasteiger partial charge in [0, 0.05) is 11.7 Å². The molecule has 3 atom stereocenters. The molecular weight excluding hydrogens is 254 g/mol. The minimum absolute atomic E-state index is 0.104. The summed E-state index contributed by atoms with van der Waals surface area (Å²) >= 11 is 0. The average molecular weight is 269 g/mol. The van der Waals surface area contributed by atoms with Crippen molar-refractivity contribution >= 4 is 15.8 Å². The number of hydrogen-bond donors (Lipinski definition) is 2. The zero-order valence-electron chi connectivity index (χ0n) is 9.91. The molecule has 1 aromatic carbocycles. The largest absolute Gasteiger partial charge is 0.480 e. The predicted molar refractivity (Wildman–Crippen MR) is 67.0 cm³/mol. The number of carbonyl (C=O) groups is 1. The van der Waals surface area contributed by atoms with E-state index in [2.05, 4.69) is 0 Å². The lowest BCUT2D eigenvalue weighted by atomic mass is 10.1. The van der Waals surface area contributed by atoms with Crippen LogP contribution in [0.3, 0.4) is 0 Å². The second-order valence-electron chi connectivity index (χ2n) is 4.50. The molecule has 0 amide bonds. The third kappa shape index (κ3) is 1.72. The Morgan fingerprint density at radius 2 is 1.94 bits per heavy atom. The van der Waals surface area contributed by atoms with Crippen LogP contribution in [0.2, 0.25) is 0 Å². The normalized spacial score (nSPS) is 31.0. The summed E-state index contributed by atoms with van der Waals surface area (Å²) in [7, 11) is -3.48. The van der Waals surface area contributed by atoms with Crippen molar-refractivity contribution in [3.05, 3.63) is 35.9 Å². The number of sulfone groups is 1. The Kier molecular flexibility index (Phi) is 2.95. The SMILES string of the molecule is CCS(=O)(=O)[C@H]1[C@H](c2ccccc2)[C@@]1(N)C(=O)O. The lowest BCUT2D eigenvalue weighted by Crippen LogP contribution is -2.40. The van der Waals surface area contributed by atoms with E-state index in [1.54, 1.807) is 30.3 Å². The summed E-state index contributed by atoms with van der Waals surface area (Å²) in [6.07, 6.45) is 0. The summed E-state index contributed by atoms with van der Waals surface area (Å²) in [6.45, 7) is 1.50. The lowest BCUT2D eigenvalue weighted by molar-refractivity contribution is -0.139. The standard InChI is InChI=1S/C12H15NO4S/c1-2-18(16,17)10-9(12(10,13)11(14)15)8-6-4-3-5-7-8/h3-7,9-10H,2,13H2,1H3,(H,14,15)/t9-,10-,12-/m0/s1. The van der Waals surface area contributed by atoms with Crippen LogP contribution in [-0.2, 0) is 14.6 Å². The Labute approximate surface area is 106 Å². The third-order valence-corrected chi connectivity index (χ3v) is 5.74. The fourth-order valence-electron chi connectivity index (χ4n) is 2.42. The Morgan fingerprint density at radius 3 is 2.39 bits per heavy atom. The van der Waals surface area contributed by atoms with Crippen LogP contribution in [0.25, 0.3) is 0 Å². The van der Waals surface area contributed by atoms with Gasteiger partial charge in [-0.1, -0.05) is 37.3 Å². The highest BCUT2D eigenvalue weighted by atomic mass is 32.2. The van der Waals surface area contributed by atoms with Gasteiger partial charge in [0.15, 0.2) is 9.84 Å². The minimum atomic E-state index is -3.48. The van der Waals surface area contributed by atoms with Crippen molar-refractivity contribution in [2.45, 2.75) is 23.6 Å². The van der Waals surface area contributed by atoms with Gasteiger partial charge in [0.25, 0.3) is 0 Å². The van der Waals surface area contributed by atoms with Crippen molar-refractivity contribution < 1.29 is 18.3 Å². The van der Waals surface area contributed by atoms with E-state index in [9.17, 15) is 18.3 Å². The molecule has 0 bridgehead atoms. The monoisotopic (exact) mass is 269 g/mol. The van der Waals surface area contributed by atoms with Gasteiger partial charge in [0.2, 0.25) is 0 Å². The summed E-state index contributed by atoms with van der Waals surface area (Å²) < 4.78 is 23.8. The van der Waals surface area contributed by atoms with Crippen LogP contribution in [0, 0.1) is 0 Å². The van der Waals surface area contributed by atoms with Gasteiger partial charge in [-0.25, -0.2) is 8.42 Å². The maximum Gasteiger partial charge on any atom is 0.325 e. The van der Waals surface area contributed by atoms with Crippen molar-refractivity contribution in [2.24, 2.45) is 5.73 Å². The van der Waals surface area contributed by atoms with Crippen LogP contribution in [0.4, 0.5) is 0 Å². The van der Waals surface area contributed by atoms with Gasteiger partial charge in [-0.05, 0) is 5.56 Å². The smallest absolute Gasteiger partial charge is 0.325 e. The molecule has 18 heavy (non-hydrogen) atoms. The van der Waals surface area contributed by atoms with E-state index in [-0.39, 0.29) is 5.75 Å². The molecule has 1 saturated carbocycles. The fraction of sp³-hybridized carbons (Fsp3) is 0.417. The van der Waals surface area contributed by atoms with E-state index >= 15 is 0 Å². The van der Waals surface area contributed by atoms with Gasteiger partial charge in [0.1, 0.15) is 5.54 Å². The molecule has 1 aliphatic carbocycles. The Balaban J connectivity index is 2.46. The second-order valence-corrected chi connectivity index (χ2v) is 6.91. The van der Waals surface area contributed by atoms with Gasteiger partial charge in [-0.3, -0.25) is 4.79 Å². The topological polar surface area (TPSA) is 97.5 Å². The first-order chi connectivity index (χ1) is 8.35. The van der Waals surface area contributed by atoms with Crippen LogP contribution in [0.1, 0.15) is 18.4 Å². The van der Waals surface area contributed by atoms with Crippen LogP contribution < -0.4 is 5.73 Å². The van der Waals surface area contributed by atoms with Gasteiger partial charge in [-0.15, -0.1) is 0 Å². The Hall–Kier alpha value is -1.40. The highest BCUT2D eigenvalue weighted by molar-refractivity contribution is 7.92. The van der Waals surface area contributed by atoms with Crippen molar-refractivity contribution in [1.82, 2.24) is 0 Å². The van der Waals surface area contributed by atoms with Crippen molar-refractivity contribution in [1.29, 1.82) is 0 Å². The molecule has 2 rings (SSSR count). The first kappa shape index (κ1) is 13.0. The predicted octanol–water partition coefficient (Wildman–Crippen LogP) is 0.369. The molecule has 0 saturated heterocycles. The van der Waals surface area contributed by atoms with Crippen molar-refractivity contribution in [2.75, 3.05) is 5.75 Å². The highest BCUT2D eigenvalue weighted by Crippen LogP contribution is 2.54. The quantitative estimate of drug-likeness (QED) is 0.823. The van der Waals surface area contributed by atoms with E-state index in [0.29, 0.717) is 5.56 Å². The average Bonchev–Trinajstić information content (AvgIpc) is 3.00. The van der Waals surface area contributed by atoms with Gasteiger partial charge in [0.05, 0.1) is 5.25 Å². The number of rotatable bonds is 4. The summed E-state index contributed by atoms with van der Waals surface area (Å²) in [6, 6.07) is 8.69. The first-order valence-electron chi connectivity index (χ1n) is 5.64. The number of hydrogen-bond acceptors (Lipinski definition) is 4. The lowest BCUT2D eigenvalue weighted by Gasteiger charge is -2.04. The van der Waals surface area contributed by atoms with Crippen LogP contribution in [-0.4, -0.2) is 36.0 Å². The summed E-state index contributed by atoms with van der Waals surface area (Å²) in [5.74, 6) is -2.03. The molecule has 0 unspecified atom stereocenters. The molecular formula is C12H15NO4S. The van der Waals surface area contributed by atoms with E-state index in [1.165, 1.54) is 6.92 Å². The summed E-state index contributed by atoms with van der Waals surface area (Å²) in [5, 5.41) is 8.15. The van der Waals surface area contributed by atoms with Crippen molar-refractivity contribution in [3.8, 4) is 0 Å². The van der Waals surface area contributed by atoms with Gasteiger partial charge >= 0.3 is 5.97 Å². The van der Waals surface area contributed by atoms with Crippen LogP contribution in [0.15, 0.2) is 30.3 Å². The zero-order chi connectivity index (χ0) is 13.6. The molecule has 0 spiro atoms. The molecule has 0 aliphatic heterocycles. The van der Waals surface area contributed by atoms with E-state index < -0.39 is 32.5 Å². The Morgan fingerprint density at radius 1 is 1.39 bits per heavy atom. The van der Waals surface area contributed by atoms with Crippen molar-refractivity contribution in [3.63, 3.8) is 0 Å². The number of aliphatic carboxylic acids is 1. The molecule has 1 aliphatic rings. The summed E-state index contributed by atoms with van der Waals surface area (Å²) in [4.78, 5) is 11.3. The zero-order valence-corrected chi connectivity index (χ0v) is 10.7. The molecule has 0 aromatic heterocycles. The molecule has 0 heterocycles. The first-order valence-corrected chi connectivity index (χ1v) is 7.36. The van der Waals surface area contributed by atoms with Crippen LogP contribution >= 0.6 is 0 Å². The molecule has 3 N–H and O–H groups in total. The van der Waals surface area contributed by atoms with Crippen LogP contribution in [0.5, 0.6) is 0 Å². The third-order valence-electron chi connectivity index (χ3n) is 3.50. The summed E-state index contributed by atoms with van der Waals surface area (Å²) in [5.41, 5.74) is 4.75. The maximum absolute atomic E-state index is 11.9. The molecule has 6 heteroatoms. The second kappa shape index (κ2) is 4.07. The minimum Gasteiger partial charge on any atom is -0.480 e. The number of benzene rings is 1. The highest BCUT2D eigenvalue weighted by Gasteiger charge is 2.73. The number of carboxylic acid groups (broad SMARTS) is 1. The molecule has 98 valence electrons. The molecule has 1 aromatic rings. The van der Waals surface area contributed by atoms with E-state index in [4.69, 9.17) is 5.73 Å². The molecule has 0 radical (unpaired) electrons. The van der Waals surface area contributed by atoms with E-state index in [0.717, 1.165) is 0 Å². The fourth-order valence-corrected chi connectivity index (χ4v) is 4.34. The van der Waals surface area contributed by atoms with Gasteiger partial charge in [-0.2, -0.15) is 0 Å². The molecule has 1 fully saturated rings. The maximum atomic E-state index is 11.9. The van der Waals surface area contributed by atoms with Gasteiger partial charge < -0.3 is 10.8 Å². The molecule has 5 nitrogen and oxygen atoms in total. The van der Waals surface area contributed by atoms with E-state index in [1.807, 2.05) is 0 Å². The number of carboxylic acids is 1. The number of nitrogens with two attached hydrogens (primary N) is 1. The Bertz CT molecular complexity index is 569.